The number of fused-ring (bicyclic) bond motifs is 1. The van der Waals surface area contributed by atoms with Crippen molar-refractivity contribution in [2.24, 2.45) is 5.92 Å². The van der Waals surface area contributed by atoms with Gasteiger partial charge in [-0.1, -0.05) is 18.2 Å². The van der Waals surface area contributed by atoms with Gasteiger partial charge in [-0.25, -0.2) is 0 Å². The average molecular weight is 276 g/mol. The molecule has 0 saturated heterocycles. The molecule has 3 N–H and O–H groups in total. The van der Waals surface area contributed by atoms with Crippen molar-refractivity contribution in [3.05, 3.63) is 29.8 Å². The quantitative estimate of drug-likeness (QED) is 0.753. The standard InChI is InChI=1S/C15H20N2O3/c1-10(18)9-16-14(19)7-6-12-8-11-4-2-3-5-13(11)17-15(12)20/h2-5,10,12,18H,6-9H2,1H3,(H,16,19)(H,17,20)/t10-,12+/m0/s1. The van der Waals surface area contributed by atoms with Crippen LogP contribution in [0.1, 0.15) is 25.3 Å². The minimum Gasteiger partial charge on any atom is -0.392 e. The number of aliphatic hydroxyl groups is 1. The van der Waals surface area contributed by atoms with E-state index in [0.717, 1.165) is 11.3 Å². The highest BCUT2D eigenvalue weighted by Gasteiger charge is 2.26. The number of benzene rings is 1. The molecule has 0 fully saturated rings. The Bertz CT molecular complexity index is 500. The predicted molar refractivity (Wildman–Crippen MR) is 76.2 cm³/mol. The van der Waals surface area contributed by atoms with E-state index in [-0.39, 0.29) is 24.3 Å². The van der Waals surface area contributed by atoms with Crippen molar-refractivity contribution < 1.29 is 14.7 Å². The first-order chi connectivity index (χ1) is 9.56. The summed E-state index contributed by atoms with van der Waals surface area (Å²) in [7, 11) is 0. The van der Waals surface area contributed by atoms with Crippen LogP contribution in [-0.2, 0) is 16.0 Å². The van der Waals surface area contributed by atoms with Gasteiger partial charge in [-0.3, -0.25) is 9.59 Å². The number of nitrogens with one attached hydrogen (secondary N) is 2. The van der Waals surface area contributed by atoms with E-state index in [9.17, 15) is 9.59 Å². The van der Waals surface area contributed by atoms with E-state index in [2.05, 4.69) is 10.6 Å². The summed E-state index contributed by atoms with van der Waals surface area (Å²) >= 11 is 0. The number of anilines is 1. The lowest BCUT2D eigenvalue weighted by atomic mass is 9.89. The highest BCUT2D eigenvalue weighted by atomic mass is 16.3. The highest BCUT2D eigenvalue weighted by molar-refractivity contribution is 5.96. The predicted octanol–water partition coefficient (Wildman–Crippen LogP) is 1.07. The Balaban J connectivity index is 1.85. The van der Waals surface area contributed by atoms with Crippen molar-refractivity contribution in [3.63, 3.8) is 0 Å². The maximum Gasteiger partial charge on any atom is 0.227 e. The molecule has 5 heteroatoms. The summed E-state index contributed by atoms with van der Waals surface area (Å²) in [6.07, 6.45) is 0.939. The smallest absolute Gasteiger partial charge is 0.227 e. The molecule has 20 heavy (non-hydrogen) atoms. The van der Waals surface area contributed by atoms with Crippen LogP contribution in [0.2, 0.25) is 0 Å². The van der Waals surface area contributed by atoms with Gasteiger partial charge in [0.1, 0.15) is 0 Å². The summed E-state index contributed by atoms with van der Waals surface area (Å²) in [6, 6.07) is 7.72. The normalized spacial score (nSPS) is 18.9. The Morgan fingerprint density at radius 2 is 2.25 bits per heavy atom. The van der Waals surface area contributed by atoms with E-state index >= 15 is 0 Å². The van der Waals surface area contributed by atoms with Gasteiger partial charge in [-0.2, -0.15) is 0 Å². The molecule has 108 valence electrons. The molecule has 5 nitrogen and oxygen atoms in total. The summed E-state index contributed by atoms with van der Waals surface area (Å²) in [5, 5.41) is 14.6. The molecule has 0 aromatic heterocycles. The van der Waals surface area contributed by atoms with E-state index in [1.165, 1.54) is 0 Å². The van der Waals surface area contributed by atoms with Crippen molar-refractivity contribution >= 4 is 17.5 Å². The third kappa shape index (κ3) is 3.81. The molecule has 0 saturated carbocycles. The Morgan fingerprint density at radius 3 is 3.00 bits per heavy atom. The molecular formula is C15H20N2O3. The van der Waals surface area contributed by atoms with Gasteiger partial charge in [0.2, 0.25) is 11.8 Å². The van der Waals surface area contributed by atoms with E-state index in [1.54, 1.807) is 6.92 Å². The molecule has 2 amide bonds. The van der Waals surface area contributed by atoms with Crippen molar-refractivity contribution in [1.29, 1.82) is 0 Å². The van der Waals surface area contributed by atoms with E-state index in [1.807, 2.05) is 24.3 Å². The zero-order valence-corrected chi connectivity index (χ0v) is 11.6. The average Bonchev–Trinajstić information content (AvgIpc) is 2.42. The fourth-order valence-corrected chi connectivity index (χ4v) is 2.30. The molecule has 0 aliphatic carbocycles. The molecule has 1 aromatic rings. The second-order valence-corrected chi connectivity index (χ2v) is 5.24. The Kier molecular flexibility index (Phi) is 4.74. The first-order valence-electron chi connectivity index (χ1n) is 6.90. The summed E-state index contributed by atoms with van der Waals surface area (Å²) in [6.45, 7) is 1.87. The number of hydrogen-bond acceptors (Lipinski definition) is 3. The van der Waals surface area contributed by atoms with E-state index in [4.69, 9.17) is 5.11 Å². The molecule has 0 unspecified atom stereocenters. The van der Waals surface area contributed by atoms with Crippen molar-refractivity contribution in [2.45, 2.75) is 32.3 Å². The van der Waals surface area contributed by atoms with Gasteiger partial charge in [0.15, 0.2) is 0 Å². The van der Waals surface area contributed by atoms with Crippen LogP contribution in [0.5, 0.6) is 0 Å². The summed E-state index contributed by atoms with van der Waals surface area (Å²) in [5.74, 6) is -0.313. The molecule has 2 atom stereocenters. The lowest BCUT2D eigenvalue weighted by molar-refractivity contribution is -0.123. The Labute approximate surface area is 118 Å². The van der Waals surface area contributed by atoms with Crippen LogP contribution in [0.15, 0.2) is 24.3 Å². The molecule has 0 bridgehead atoms. The third-order valence-electron chi connectivity index (χ3n) is 3.43. The lowest BCUT2D eigenvalue weighted by Gasteiger charge is -2.24. The van der Waals surface area contributed by atoms with Gasteiger partial charge in [0.25, 0.3) is 0 Å². The second-order valence-electron chi connectivity index (χ2n) is 5.24. The number of rotatable bonds is 5. The molecule has 1 aromatic carbocycles. The van der Waals surface area contributed by atoms with Crippen molar-refractivity contribution in [2.75, 3.05) is 11.9 Å². The van der Waals surface area contributed by atoms with Crippen molar-refractivity contribution in [1.82, 2.24) is 5.32 Å². The van der Waals surface area contributed by atoms with Crippen molar-refractivity contribution in [3.8, 4) is 0 Å². The number of carbonyl (C=O) groups is 2. The van der Waals surface area contributed by atoms with Gasteiger partial charge in [-0.15, -0.1) is 0 Å². The molecule has 0 spiro atoms. The number of para-hydroxylation sites is 1. The monoisotopic (exact) mass is 276 g/mol. The number of carbonyl (C=O) groups excluding carboxylic acids is 2. The van der Waals surface area contributed by atoms with Crippen LogP contribution in [0.3, 0.4) is 0 Å². The fourth-order valence-electron chi connectivity index (χ4n) is 2.30. The second kappa shape index (κ2) is 6.52. The van der Waals surface area contributed by atoms with Gasteiger partial charge >= 0.3 is 0 Å². The van der Waals surface area contributed by atoms with Crippen LogP contribution in [0.25, 0.3) is 0 Å². The van der Waals surface area contributed by atoms with Gasteiger partial charge in [0, 0.05) is 24.6 Å². The largest absolute Gasteiger partial charge is 0.392 e. The maximum atomic E-state index is 12.0. The molecule has 2 rings (SSSR count). The third-order valence-corrected chi connectivity index (χ3v) is 3.43. The minimum absolute atomic E-state index is 0.0213. The van der Waals surface area contributed by atoms with Crippen LogP contribution < -0.4 is 10.6 Å². The lowest BCUT2D eigenvalue weighted by Crippen LogP contribution is -2.33. The molecule has 1 heterocycles. The zero-order valence-electron chi connectivity index (χ0n) is 11.6. The number of hydrogen-bond donors (Lipinski definition) is 3. The number of amides is 2. The van der Waals surface area contributed by atoms with Crippen LogP contribution >= 0.6 is 0 Å². The molecule has 1 aliphatic rings. The zero-order chi connectivity index (χ0) is 14.5. The Hall–Kier alpha value is -1.88. The Morgan fingerprint density at radius 1 is 1.50 bits per heavy atom. The van der Waals surface area contributed by atoms with Gasteiger partial charge in [0.05, 0.1) is 6.10 Å². The molecular weight excluding hydrogens is 256 g/mol. The van der Waals surface area contributed by atoms with E-state index in [0.29, 0.717) is 19.3 Å². The highest BCUT2D eigenvalue weighted by Crippen LogP contribution is 2.27. The first kappa shape index (κ1) is 14.5. The summed E-state index contributed by atoms with van der Waals surface area (Å²) < 4.78 is 0. The fraction of sp³-hybridized carbons (Fsp3) is 0.467. The van der Waals surface area contributed by atoms with Crippen LogP contribution in [0.4, 0.5) is 5.69 Å². The summed E-state index contributed by atoms with van der Waals surface area (Å²) in [5.41, 5.74) is 1.98. The minimum atomic E-state index is -0.552. The van der Waals surface area contributed by atoms with Gasteiger partial charge in [-0.05, 0) is 31.4 Å². The molecule has 0 radical (unpaired) electrons. The van der Waals surface area contributed by atoms with Crippen LogP contribution in [-0.4, -0.2) is 29.6 Å². The SMILES string of the molecule is C[C@H](O)CNC(=O)CC[C@@H]1Cc2ccccc2NC1=O. The topological polar surface area (TPSA) is 78.4 Å². The first-order valence-corrected chi connectivity index (χ1v) is 6.90. The van der Waals surface area contributed by atoms with Crippen LogP contribution in [0, 0.1) is 5.92 Å². The number of aliphatic hydroxyl groups excluding tert-OH is 1. The maximum absolute atomic E-state index is 12.0. The molecule has 1 aliphatic heterocycles. The summed E-state index contributed by atoms with van der Waals surface area (Å²) in [4.78, 5) is 23.5. The van der Waals surface area contributed by atoms with Gasteiger partial charge < -0.3 is 15.7 Å². The van der Waals surface area contributed by atoms with E-state index < -0.39 is 6.10 Å².